The number of amides is 1. The predicted octanol–water partition coefficient (Wildman–Crippen LogP) is 2.06. The van der Waals surface area contributed by atoms with E-state index in [1.54, 1.807) is 42.3 Å². The van der Waals surface area contributed by atoms with Crippen molar-refractivity contribution in [3.05, 3.63) is 41.7 Å². The molecule has 0 bridgehead atoms. The highest BCUT2D eigenvalue weighted by Crippen LogP contribution is 2.36. The molecule has 2 heterocycles. The summed E-state index contributed by atoms with van der Waals surface area (Å²) in [5, 5.41) is 14.1. The first-order valence-corrected chi connectivity index (χ1v) is 9.29. The zero-order valence-corrected chi connectivity index (χ0v) is 16.7. The molecule has 1 amide bonds. The SMILES string of the molecule is COc1ccc([C@@H]2[C@@H](CO)OCCN2C(=O)c2cnn(C(C)C)c2)cc1OC. The van der Waals surface area contributed by atoms with Crippen molar-refractivity contribution in [1.29, 1.82) is 0 Å². The molecule has 3 rings (SSSR count). The van der Waals surface area contributed by atoms with Crippen molar-refractivity contribution in [3.63, 3.8) is 0 Å². The molecular formula is C20H27N3O5. The van der Waals surface area contributed by atoms with Crippen molar-refractivity contribution in [2.45, 2.75) is 32.0 Å². The average molecular weight is 389 g/mol. The van der Waals surface area contributed by atoms with E-state index in [0.29, 0.717) is 30.2 Å². The standard InChI is InChI=1S/C20H27N3O5/c1-13(2)23-11-15(10-21-23)20(25)22-7-8-28-18(12-24)19(22)14-5-6-16(26-3)17(9-14)27-4/h5-6,9-11,13,18-19,24H,7-8,12H2,1-4H3/t18-,19-/m1/s1. The Morgan fingerprint density at radius 2 is 2.07 bits per heavy atom. The van der Waals surface area contributed by atoms with Crippen LogP contribution in [0.25, 0.3) is 0 Å². The first kappa shape index (κ1) is 20.2. The minimum Gasteiger partial charge on any atom is -0.493 e. The summed E-state index contributed by atoms with van der Waals surface area (Å²) in [5.74, 6) is 1.01. The lowest BCUT2D eigenvalue weighted by Crippen LogP contribution is -2.49. The number of hydrogen-bond donors (Lipinski definition) is 1. The predicted molar refractivity (Wildman–Crippen MR) is 103 cm³/mol. The number of aliphatic hydroxyl groups excluding tert-OH is 1. The van der Waals surface area contributed by atoms with Gasteiger partial charge < -0.3 is 24.2 Å². The van der Waals surface area contributed by atoms with E-state index in [2.05, 4.69) is 5.10 Å². The maximum Gasteiger partial charge on any atom is 0.257 e. The highest BCUT2D eigenvalue weighted by Gasteiger charge is 2.37. The molecular weight excluding hydrogens is 362 g/mol. The van der Waals surface area contributed by atoms with Gasteiger partial charge in [-0.3, -0.25) is 9.48 Å². The number of benzene rings is 1. The normalized spacial score (nSPS) is 19.7. The summed E-state index contributed by atoms with van der Waals surface area (Å²) in [4.78, 5) is 15.0. The number of aliphatic hydroxyl groups is 1. The van der Waals surface area contributed by atoms with Crippen molar-refractivity contribution in [2.24, 2.45) is 0 Å². The molecule has 0 aliphatic carbocycles. The number of nitrogens with zero attached hydrogens (tertiary/aromatic N) is 3. The summed E-state index contributed by atoms with van der Waals surface area (Å²) >= 11 is 0. The lowest BCUT2D eigenvalue weighted by molar-refractivity contribution is -0.0811. The molecule has 1 saturated heterocycles. The first-order valence-electron chi connectivity index (χ1n) is 9.29. The van der Waals surface area contributed by atoms with Gasteiger partial charge in [-0.15, -0.1) is 0 Å². The van der Waals surface area contributed by atoms with Crippen LogP contribution < -0.4 is 9.47 Å². The molecule has 0 saturated carbocycles. The number of methoxy groups -OCH3 is 2. The highest BCUT2D eigenvalue weighted by molar-refractivity contribution is 5.94. The van der Waals surface area contributed by atoms with Crippen LogP contribution in [0.4, 0.5) is 0 Å². The second kappa shape index (κ2) is 8.62. The molecule has 0 radical (unpaired) electrons. The molecule has 1 fully saturated rings. The van der Waals surface area contributed by atoms with Gasteiger partial charge in [0.15, 0.2) is 11.5 Å². The van der Waals surface area contributed by atoms with E-state index >= 15 is 0 Å². The third-order valence-corrected chi connectivity index (χ3v) is 4.92. The van der Waals surface area contributed by atoms with E-state index in [-0.39, 0.29) is 18.6 Å². The van der Waals surface area contributed by atoms with E-state index in [1.165, 1.54) is 0 Å². The Morgan fingerprint density at radius 1 is 1.32 bits per heavy atom. The van der Waals surface area contributed by atoms with E-state index in [9.17, 15) is 9.90 Å². The number of carbonyl (C=O) groups excluding carboxylic acids is 1. The summed E-state index contributed by atoms with van der Waals surface area (Å²) < 4.78 is 18.2. The molecule has 1 aromatic heterocycles. The number of aromatic nitrogens is 2. The van der Waals surface area contributed by atoms with Crippen LogP contribution >= 0.6 is 0 Å². The van der Waals surface area contributed by atoms with Crippen LogP contribution in [-0.2, 0) is 4.74 Å². The third kappa shape index (κ3) is 3.83. The molecule has 1 N–H and O–H groups in total. The number of rotatable bonds is 6. The Kier molecular flexibility index (Phi) is 6.21. The summed E-state index contributed by atoms with van der Waals surface area (Å²) in [6, 6.07) is 5.18. The van der Waals surface area contributed by atoms with Gasteiger partial charge in [0.2, 0.25) is 0 Å². The van der Waals surface area contributed by atoms with Gasteiger partial charge in [-0.25, -0.2) is 0 Å². The van der Waals surface area contributed by atoms with Gasteiger partial charge in [0.25, 0.3) is 5.91 Å². The van der Waals surface area contributed by atoms with Crippen molar-refractivity contribution >= 4 is 5.91 Å². The molecule has 8 nitrogen and oxygen atoms in total. The van der Waals surface area contributed by atoms with Crippen LogP contribution in [0.15, 0.2) is 30.6 Å². The van der Waals surface area contributed by atoms with Crippen LogP contribution in [0.5, 0.6) is 11.5 Å². The topological polar surface area (TPSA) is 86.0 Å². The molecule has 0 spiro atoms. The highest BCUT2D eigenvalue weighted by atomic mass is 16.5. The van der Waals surface area contributed by atoms with Crippen LogP contribution in [0.1, 0.15) is 41.9 Å². The Hall–Kier alpha value is -2.58. The summed E-state index contributed by atoms with van der Waals surface area (Å²) in [5.41, 5.74) is 1.32. The molecule has 1 aliphatic rings. The van der Waals surface area contributed by atoms with Crippen LogP contribution in [0.2, 0.25) is 0 Å². The molecule has 2 aromatic rings. The van der Waals surface area contributed by atoms with Crippen LogP contribution in [0.3, 0.4) is 0 Å². The molecule has 8 heteroatoms. The Morgan fingerprint density at radius 3 is 2.68 bits per heavy atom. The van der Waals surface area contributed by atoms with Gasteiger partial charge in [0, 0.05) is 18.8 Å². The Labute approximate surface area is 164 Å². The maximum atomic E-state index is 13.2. The summed E-state index contributed by atoms with van der Waals surface area (Å²) in [6.45, 7) is 4.59. The zero-order chi connectivity index (χ0) is 20.3. The van der Waals surface area contributed by atoms with Crippen molar-refractivity contribution in [2.75, 3.05) is 34.0 Å². The minimum absolute atomic E-state index is 0.145. The van der Waals surface area contributed by atoms with Gasteiger partial charge in [0.1, 0.15) is 6.10 Å². The van der Waals surface area contributed by atoms with Gasteiger partial charge in [-0.2, -0.15) is 5.10 Å². The lowest BCUT2D eigenvalue weighted by Gasteiger charge is -2.40. The third-order valence-electron chi connectivity index (χ3n) is 4.92. The van der Waals surface area contributed by atoms with Gasteiger partial charge in [-0.05, 0) is 31.5 Å². The van der Waals surface area contributed by atoms with Crippen molar-refractivity contribution < 1.29 is 24.1 Å². The second-order valence-electron chi connectivity index (χ2n) is 6.95. The molecule has 1 aliphatic heterocycles. The summed E-state index contributed by atoms with van der Waals surface area (Å²) in [7, 11) is 3.13. The fourth-order valence-electron chi connectivity index (χ4n) is 3.44. The fraction of sp³-hybridized carbons (Fsp3) is 0.500. The average Bonchev–Trinajstić information content (AvgIpc) is 3.22. The molecule has 1 aromatic carbocycles. The van der Waals surface area contributed by atoms with Crippen molar-refractivity contribution in [3.8, 4) is 11.5 Å². The number of carbonyl (C=O) groups is 1. The number of morpholine rings is 1. The summed E-state index contributed by atoms with van der Waals surface area (Å²) in [6.07, 6.45) is 2.80. The Balaban J connectivity index is 1.97. The van der Waals surface area contributed by atoms with Crippen molar-refractivity contribution in [1.82, 2.24) is 14.7 Å². The molecule has 152 valence electrons. The molecule has 0 unspecified atom stereocenters. The van der Waals surface area contributed by atoms with Crippen LogP contribution in [0, 0.1) is 0 Å². The van der Waals surface area contributed by atoms with Gasteiger partial charge in [-0.1, -0.05) is 6.07 Å². The maximum absolute atomic E-state index is 13.2. The molecule has 2 atom stereocenters. The first-order chi connectivity index (χ1) is 13.5. The minimum atomic E-state index is -0.532. The monoisotopic (exact) mass is 389 g/mol. The largest absolute Gasteiger partial charge is 0.493 e. The quantitative estimate of drug-likeness (QED) is 0.814. The number of ether oxygens (including phenoxy) is 3. The smallest absolute Gasteiger partial charge is 0.257 e. The zero-order valence-electron chi connectivity index (χ0n) is 16.7. The van der Waals surface area contributed by atoms with Gasteiger partial charge >= 0.3 is 0 Å². The Bertz CT molecular complexity index is 820. The van der Waals surface area contributed by atoms with Gasteiger partial charge in [0.05, 0.1) is 45.2 Å². The van der Waals surface area contributed by atoms with E-state index in [0.717, 1.165) is 5.56 Å². The second-order valence-corrected chi connectivity index (χ2v) is 6.95. The number of hydrogen-bond acceptors (Lipinski definition) is 6. The van der Waals surface area contributed by atoms with E-state index in [1.807, 2.05) is 26.0 Å². The fourth-order valence-corrected chi connectivity index (χ4v) is 3.44. The lowest BCUT2D eigenvalue weighted by atomic mass is 9.97. The van der Waals surface area contributed by atoms with E-state index < -0.39 is 12.1 Å². The van der Waals surface area contributed by atoms with Crippen LogP contribution in [-0.4, -0.2) is 65.8 Å². The molecule has 28 heavy (non-hydrogen) atoms. The van der Waals surface area contributed by atoms with E-state index in [4.69, 9.17) is 14.2 Å².